The summed E-state index contributed by atoms with van der Waals surface area (Å²) in [6.07, 6.45) is -3.44. The number of alkyl halides is 3. The van der Waals surface area contributed by atoms with Crippen LogP contribution in [0.1, 0.15) is 21.6 Å². The fourth-order valence-electron chi connectivity index (χ4n) is 3.47. The van der Waals surface area contributed by atoms with E-state index in [1.54, 1.807) is 6.07 Å². The Morgan fingerprint density at radius 3 is 2.39 bits per heavy atom. The number of anilines is 1. The summed E-state index contributed by atoms with van der Waals surface area (Å²) in [6, 6.07) is 12.6. The summed E-state index contributed by atoms with van der Waals surface area (Å²) in [6.45, 7) is 1.51. The molecular weight excluding hydrogens is 484 g/mol. The van der Waals surface area contributed by atoms with Crippen LogP contribution in [-0.2, 0) is 6.54 Å². The van der Waals surface area contributed by atoms with Crippen LogP contribution in [0.2, 0.25) is 0 Å². The molecule has 0 fully saturated rings. The molecule has 186 valence electrons. The predicted octanol–water partition coefficient (Wildman–Crippen LogP) is 4.39. The Morgan fingerprint density at radius 2 is 1.75 bits per heavy atom. The van der Waals surface area contributed by atoms with Crippen molar-refractivity contribution < 1.29 is 32.2 Å². The first-order chi connectivity index (χ1) is 17.0. The fraction of sp³-hybridized carbons (Fsp3) is 0.125. The first kappa shape index (κ1) is 24.5. The van der Waals surface area contributed by atoms with Crippen LogP contribution in [0.3, 0.4) is 0 Å². The molecule has 2 aromatic heterocycles. The zero-order valence-corrected chi connectivity index (χ0v) is 18.6. The Bertz CT molecular complexity index is 1460. The molecule has 36 heavy (non-hydrogen) atoms. The van der Waals surface area contributed by atoms with Crippen molar-refractivity contribution in [2.24, 2.45) is 0 Å². The van der Waals surface area contributed by atoms with Crippen molar-refractivity contribution in [3.05, 3.63) is 100.0 Å². The summed E-state index contributed by atoms with van der Waals surface area (Å²) in [5.41, 5.74) is 0.503. The summed E-state index contributed by atoms with van der Waals surface area (Å²) in [7, 11) is 0. The van der Waals surface area contributed by atoms with E-state index < -0.39 is 29.5 Å². The molecular formula is C24H18F4N4O4. The molecule has 1 amide bonds. The SMILES string of the molecule is Cc1c(O)n(-c2ccc(OC(F)(F)F)cc2)c(=O)n1Cc1ccnc(NC(=O)c2ccc(F)cc2)c1. The molecule has 8 nitrogen and oxygen atoms in total. The maximum Gasteiger partial charge on any atom is 0.573 e. The van der Waals surface area contributed by atoms with E-state index in [1.165, 1.54) is 48.0 Å². The Morgan fingerprint density at radius 1 is 1.08 bits per heavy atom. The van der Waals surface area contributed by atoms with Gasteiger partial charge < -0.3 is 15.2 Å². The number of halogens is 4. The predicted molar refractivity (Wildman–Crippen MR) is 121 cm³/mol. The van der Waals surface area contributed by atoms with E-state index >= 15 is 0 Å². The Balaban J connectivity index is 1.56. The minimum atomic E-state index is -4.86. The van der Waals surface area contributed by atoms with E-state index in [2.05, 4.69) is 15.0 Å². The Hall–Kier alpha value is -4.61. The summed E-state index contributed by atoms with van der Waals surface area (Å²) in [5.74, 6) is -1.65. The van der Waals surface area contributed by atoms with Crippen LogP contribution in [-0.4, -0.2) is 31.5 Å². The highest BCUT2D eigenvalue weighted by molar-refractivity contribution is 6.03. The highest BCUT2D eigenvalue weighted by Gasteiger charge is 2.31. The van der Waals surface area contributed by atoms with E-state index in [-0.39, 0.29) is 35.2 Å². The normalized spacial score (nSPS) is 11.4. The van der Waals surface area contributed by atoms with Crippen LogP contribution in [0.5, 0.6) is 11.6 Å². The lowest BCUT2D eigenvalue weighted by molar-refractivity contribution is -0.274. The molecule has 0 atom stereocenters. The van der Waals surface area contributed by atoms with Gasteiger partial charge in [0.2, 0.25) is 5.88 Å². The molecule has 0 bridgehead atoms. The van der Waals surface area contributed by atoms with Crippen molar-refractivity contribution >= 4 is 11.7 Å². The maximum absolute atomic E-state index is 13.1. The number of benzene rings is 2. The van der Waals surface area contributed by atoms with Crippen molar-refractivity contribution in [1.29, 1.82) is 0 Å². The van der Waals surface area contributed by atoms with Gasteiger partial charge in [0.1, 0.15) is 17.4 Å². The van der Waals surface area contributed by atoms with Gasteiger partial charge in [-0.1, -0.05) is 0 Å². The van der Waals surface area contributed by atoms with Crippen LogP contribution in [0.4, 0.5) is 23.4 Å². The van der Waals surface area contributed by atoms with Crippen LogP contribution < -0.4 is 15.7 Å². The van der Waals surface area contributed by atoms with Crippen molar-refractivity contribution in [2.45, 2.75) is 19.8 Å². The Kier molecular flexibility index (Phi) is 6.51. The third kappa shape index (κ3) is 5.37. The van der Waals surface area contributed by atoms with Crippen LogP contribution in [0.25, 0.3) is 5.69 Å². The molecule has 12 heteroatoms. The summed E-state index contributed by atoms with van der Waals surface area (Å²) >= 11 is 0. The number of carbonyl (C=O) groups is 1. The van der Waals surface area contributed by atoms with Gasteiger partial charge in [0, 0.05) is 11.8 Å². The van der Waals surface area contributed by atoms with Crippen molar-refractivity contribution in [3.63, 3.8) is 0 Å². The highest BCUT2D eigenvalue weighted by atomic mass is 19.4. The third-order valence-electron chi connectivity index (χ3n) is 5.20. The van der Waals surface area contributed by atoms with Gasteiger partial charge in [-0.25, -0.2) is 18.7 Å². The standard InChI is InChI=1S/C24H18F4N4O4/c1-14-22(34)32(18-6-8-19(9-7-18)36-24(26,27)28)23(35)31(14)13-15-10-11-29-20(12-15)30-21(33)16-2-4-17(25)5-3-16/h2-12,34H,13H2,1H3,(H,29,30,33). The first-order valence-corrected chi connectivity index (χ1v) is 10.4. The molecule has 4 rings (SSSR count). The summed E-state index contributed by atoms with van der Waals surface area (Å²) in [5, 5.41) is 13.1. The number of hydrogen-bond donors (Lipinski definition) is 2. The number of aromatic hydroxyl groups is 1. The summed E-state index contributed by atoms with van der Waals surface area (Å²) in [4.78, 5) is 29.5. The van der Waals surface area contributed by atoms with E-state index in [0.29, 0.717) is 5.56 Å². The van der Waals surface area contributed by atoms with Gasteiger partial charge in [-0.3, -0.25) is 9.36 Å². The lowest BCUT2D eigenvalue weighted by atomic mass is 10.2. The number of nitrogens with zero attached hydrogens (tertiary/aromatic N) is 3. The van der Waals surface area contributed by atoms with E-state index in [9.17, 15) is 32.3 Å². The maximum atomic E-state index is 13.1. The monoisotopic (exact) mass is 502 g/mol. The second-order valence-electron chi connectivity index (χ2n) is 7.67. The van der Waals surface area contributed by atoms with Gasteiger partial charge in [-0.15, -0.1) is 13.2 Å². The Labute approximate surface area is 201 Å². The number of rotatable bonds is 6. The molecule has 0 unspecified atom stereocenters. The van der Waals surface area contributed by atoms with Crippen molar-refractivity contribution in [3.8, 4) is 17.3 Å². The molecule has 0 radical (unpaired) electrons. The van der Waals surface area contributed by atoms with E-state index in [1.807, 2.05) is 0 Å². The van der Waals surface area contributed by atoms with Crippen LogP contribution >= 0.6 is 0 Å². The number of amides is 1. The van der Waals surface area contributed by atoms with Gasteiger partial charge in [0.15, 0.2) is 0 Å². The molecule has 2 N–H and O–H groups in total. The van der Waals surface area contributed by atoms with Gasteiger partial charge in [0.05, 0.1) is 17.9 Å². The minimum Gasteiger partial charge on any atom is -0.493 e. The third-order valence-corrected chi connectivity index (χ3v) is 5.20. The van der Waals surface area contributed by atoms with Crippen molar-refractivity contribution in [2.75, 3.05) is 5.32 Å². The molecule has 0 aliphatic carbocycles. The number of ether oxygens (including phenoxy) is 1. The molecule has 2 aromatic carbocycles. The first-order valence-electron chi connectivity index (χ1n) is 10.4. The van der Waals surface area contributed by atoms with E-state index in [4.69, 9.17) is 0 Å². The number of hydrogen-bond acceptors (Lipinski definition) is 5. The average molecular weight is 502 g/mol. The van der Waals surface area contributed by atoms with Gasteiger partial charge in [-0.2, -0.15) is 0 Å². The topological polar surface area (TPSA) is 98.4 Å². The highest BCUT2D eigenvalue weighted by Crippen LogP contribution is 2.26. The van der Waals surface area contributed by atoms with Gasteiger partial charge in [0.25, 0.3) is 5.91 Å². The molecule has 2 heterocycles. The molecule has 0 aliphatic rings. The van der Waals surface area contributed by atoms with Crippen molar-refractivity contribution in [1.82, 2.24) is 14.1 Å². The minimum absolute atomic E-state index is 0.00241. The number of aromatic nitrogens is 3. The zero-order valence-electron chi connectivity index (χ0n) is 18.6. The molecule has 0 aliphatic heterocycles. The lowest BCUT2D eigenvalue weighted by Gasteiger charge is -2.09. The number of pyridine rings is 1. The molecule has 0 saturated heterocycles. The summed E-state index contributed by atoms with van der Waals surface area (Å²) < 4.78 is 56.3. The lowest BCUT2D eigenvalue weighted by Crippen LogP contribution is -2.24. The van der Waals surface area contributed by atoms with Gasteiger partial charge in [-0.05, 0) is 73.2 Å². The molecule has 0 saturated carbocycles. The zero-order chi connectivity index (χ0) is 26.0. The molecule has 0 spiro atoms. The average Bonchev–Trinajstić information content (AvgIpc) is 3.02. The molecule has 4 aromatic rings. The second kappa shape index (κ2) is 9.56. The van der Waals surface area contributed by atoms with E-state index in [0.717, 1.165) is 28.8 Å². The van der Waals surface area contributed by atoms with Crippen LogP contribution in [0, 0.1) is 12.7 Å². The van der Waals surface area contributed by atoms with Gasteiger partial charge >= 0.3 is 12.1 Å². The fourth-order valence-corrected chi connectivity index (χ4v) is 3.47. The quantitative estimate of drug-likeness (QED) is 0.381. The number of carbonyl (C=O) groups excluding carboxylic acids is 1. The second-order valence-corrected chi connectivity index (χ2v) is 7.67. The van der Waals surface area contributed by atoms with Crippen LogP contribution in [0.15, 0.2) is 71.7 Å². The largest absolute Gasteiger partial charge is 0.573 e. The smallest absolute Gasteiger partial charge is 0.493 e. The number of nitrogens with one attached hydrogen (secondary N) is 1. The number of imidazole rings is 1.